The van der Waals surface area contributed by atoms with Crippen molar-refractivity contribution in [1.82, 2.24) is 4.57 Å². The second-order valence-corrected chi connectivity index (χ2v) is 9.69. The molecule has 1 heterocycles. The van der Waals surface area contributed by atoms with E-state index in [2.05, 4.69) is 5.32 Å². The summed E-state index contributed by atoms with van der Waals surface area (Å²) in [5, 5.41) is 3.32. The minimum absolute atomic E-state index is 0.0991. The van der Waals surface area contributed by atoms with E-state index in [0.717, 1.165) is 0 Å². The predicted octanol–water partition coefficient (Wildman–Crippen LogP) is 4.31. The summed E-state index contributed by atoms with van der Waals surface area (Å²) in [5.74, 6) is -2.61. The lowest BCUT2D eigenvalue weighted by Gasteiger charge is -2.30. The van der Waals surface area contributed by atoms with Crippen LogP contribution in [0.1, 0.15) is 31.2 Å². The quantitative estimate of drug-likeness (QED) is 0.736. The Morgan fingerprint density at radius 3 is 2.46 bits per heavy atom. The summed E-state index contributed by atoms with van der Waals surface area (Å²) in [4.78, 5) is 12.3. The summed E-state index contributed by atoms with van der Waals surface area (Å²) >= 11 is 0. The molecule has 1 aromatic heterocycles. The average Bonchev–Trinajstić information content (AvgIpc) is 2.60. The number of hydrogen-bond donors (Lipinski definition) is 2. The van der Waals surface area contributed by atoms with Gasteiger partial charge in [0.2, 0.25) is 16.1 Å². The first-order valence-electron chi connectivity index (χ1n) is 9.14. The minimum atomic E-state index is -3.17. The van der Waals surface area contributed by atoms with Gasteiger partial charge in [0.15, 0.2) is 4.90 Å². The molecule has 0 radical (unpaired) electrons. The summed E-state index contributed by atoms with van der Waals surface area (Å²) in [7, 11) is -1.53. The topological polar surface area (TPSA) is 71.3 Å². The molecule has 8 heteroatoms. The van der Waals surface area contributed by atoms with E-state index in [9.17, 15) is 22.3 Å². The van der Waals surface area contributed by atoms with Crippen molar-refractivity contribution in [3.05, 3.63) is 46.4 Å². The summed E-state index contributed by atoms with van der Waals surface area (Å²) in [5.41, 5.74) is 2.51. The highest BCUT2D eigenvalue weighted by Gasteiger charge is 2.35. The molecular weight excluding hydrogens is 386 g/mol. The molecule has 0 bridgehead atoms. The zero-order valence-electron chi connectivity index (χ0n) is 16.2. The van der Waals surface area contributed by atoms with Crippen molar-refractivity contribution in [1.29, 1.82) is 0 Å². The standard InChI is InChI=1S/C20H24F2N2O3S/c1-13-10-14(12-24(2)19(13)25)17-11-16(28(3,26)27)4-5-18(17)23-15-6-8-20(21,22)9-7-15/h4-5,10-12,15H,6-9H2,1-3H3,(H-,23,26,27)/p+1. The Balaban J connectivity index is 2.03. The molecule has 0 aliphatic heterocycles. The number of alkyl halides is 2. The van der Waals surface area contributed by atoms with E-state index in [-0.39, 0.29) is 29.3 Å². The van der Waals surface area contributed by atoms with E-state index < -0.39 is 16.1 Å². The third-order valence-corrected chi connectivity index (χ3v) is 6.31. The van der Waals surface area contributed by atoms with Crippen molar-refractivity contribution < 1.29 is 17.5 Å². The van der Waals surface area contributed by atoms with Gasteiger partial charge in [-0.05, 0) is 38.0 Å². The molecule has 1 aliphatic carbocycles. The number of nitrogens with zero attached hydrogens (tertiary/aromatic N) is 1. The van der Waals surface area contributed by atoms with Gasteiger partial charge in [-0.15, -0.1) is 0 Å². The van der Waals surface area contributed by atoms with E-state index in [1.807, 2.05) is 0 Å². The molecule has 0 spiro atoms. The fourth-order valence-corrected chi connectivity index (χ4v) is 4.21. The first-order chi connectivity index (χ1) is 13.0. The van der Waals surface area contributed by atoms with E-state index in [1.54, 1.807) is 44.4 Å². The highest BCUT2D eigenvalue weighted by atomic mass is 32.3. The smallest absolute Gasteiger partial charge is 0.253 e. The SMILES string of the molecule is Cc1cc(-c2cc([S+](C)(=O)O)ccc2NC2CCC(F)(F)CC2)cn(C)c1=O. The molecule has 1 unspecified atom stereocenters. The van der Waals surface area contributed by atoms with Crippen LogP contribution in [0.25, 0.3) is 11.1 Å². The van der Waals surface area contributed by atoms with Gasteiger partial charge in [-0.2, -0.15) is 4.55 Å². The number of anilines is 1. The lowest BCUT2D eigenvalue weighted by atomic mass is 9.91. The fourth-order valence-electron chi connectivity index (χ4n) is 3.55. The number of benzene rings is 1. The maximum Gasteiger partial charge on any atom is 0.253 e. The van der Waals surface area contributed by atoms with Crippen molar-refractivity contribution in [2.45, 2.75) is 49.5 Å². The number of pyridine rings is 1. The molecule has 5 nitrogen and oxygen atoms in total. The van der Waals surface area contributed by atoms with Crippen molar-refractivity contribution >= 4 is 15.9 Å². The monoisotopic (exact) mass is 411 g/mol. The van der Waals surface area contributed by atoms with Crippen LogP contribution in [-0.4, -0.2) is 27.3 Å². The molecule has 0 amide bonds. The van der Waals surface area contributed by atoms with Gasteiger partial charge in [0, 0.05) is 60.6 Å². The van der Waals surface area contributed by atoms with E-state index in [0.29, 0.717) is 35.2 Å². The Morgan fingerprint density at radius 1 is 1.25 bits per heavy atom. The summed E-state index contributed by atoms with van der Waals surface area (Å²) in [6, 6.07) is 6.54. The van der Waals surface area contributed by atoms with Gasteiger partial charge in [-0.1, -0.05) is 4.21 Å². The molecular formula is C20H25F2N2O3S+. The number of rotatable bonds is 4. The molecule has 28 heavy (non-hydrogen) atoms. The predicted molar refractivity (Wildman–Crippen MR) is 108 cm³/mol. The van der Waals surface area contributed by atoms with Crippen molar-refractivity contribution in [2.24, 2.45) is 7.05 Å². The maximum absolute atomic E-state index is 13.5. The highest BCUT2D eigenvalue weighted by Crippen LogP contribution is 2.37. The second-order valence-electron chi connectivity index (χ2n) is 7.61. The van der Waals surface area contributed by atoms with Gasteiger partial charge in [-0.25, -0.2) is 8.78 Å². The van der Waals surface area contributed by atoms with Crippen LogP contribution in [0.4, 0.5) is 14.5 Å². The zero-order valence-corrected chi connectivity index (χ0v) is 17.0. The molecule has 1 saturated carbocycles. The summed E-state index contributed by atoms with van der Waals surface area (Å²) in [6.45, 7) is 1.71. The van der Waals surface area contributed by atoms with Crippen LogP contribution < -0.4 is 10.9 Å². The molecule has 1 atom stereocenters. The van der Waals surface area contributed by atoms with Crippen LogP contribution in [0.15, 0.2) is 40.2 Å². The number of hydrogen-bond acceptors (Lipinski definition) is 3. The molecule has 0 saturated heterocycles. The summed E-state index contributed by atoms with van der Waals surface area (Å²) in [6.07, 6.45) is 3.31. The first-order valence-corrected chi connectivity index (χ1v) is 11.1. The zero-order chi connectivity index (χ0) is 20.7. The first kappa shape index (κ1) is 20.7. The van der Waals surface area contributed by atoms with Gasteiger partial charge in [0.1, 0.15) is 6.26 Å². The second kappa shape index (κ2) is 7.40. The van der Waals surface area contributed by atoms with Gasteiger partial charge >= 0.3 is 0 Å². The van der Waals surface area contributed by atoms with E-state index >= 15 is 0 Å². The molecule has 2 N–H and O–H groups in total. The normalized spacial score (nSPS) is 19.2. The fraction of sp³-hybridized carbons (Fsp3) is 0.450. The Kier molecular flexibility index (Phi) is 5.46. The lowest BCUT2D eigenvalue weighted by molar-refractivity contribution is -0.0360. The molecule has 152 valence electrons. The number of aryl methyl sites for hydroxylation is 2. The van der Waals surface area contributed by atoms with Gasteiger partial charge in [-0.3, -0.25) is 4.79 Å². The van der Waals surface area contributed by atoms with Crippen molar-refractivity contribution in [3.8, 4) is 11.1 Å². The largest absolute Gasteiger partial charge is 0.382 e. The average molecular weight is 411 g/mol. The lowest BCUT2D eigenvalue weighted by Crippen LogP contribution is -2.32. The van der Waals surface area contributed by atoms with Gasteiger partial charge in [0.25, 0.3) is 5.56 Å². The summed E-state index contributed by atoms with van der Waals surface area (Å²) < 4.78 is 50.4. The van der Waals surface area contributed by atoms with Crippen LogP contribution in [0.2, 0.25) is 0 Å². The Hall–Kier alpha value is -2.06. The third kappa shape index (κ3) is 4.50. The molecule has 1 fully saturated rings. The Labute approximate surface area is 164 Å². The minimum Gasteiger partial charge on any atom is -0.382 e. The molecule has 3 rings (SSSR count). The Morgan fingerprint density at radius 2 is 1.89 bits per heavy atom. The molecule has 1 aromatic carbocycles. The van der Waals surface area contributed by atoms with Crippen molar-refractivity contribution in [2.75, 3.05) is 11.6 Å². The number of halogens is 2. The van der Waals surface area contributed by atoms with Crippen molar-refractivity contribution in [3.63, 3.8) is 0 Å². The van der Waals surface area contributed by atoms with E-state index in [4.69, 9.17) is 0 Å². The number of aromatic nitrogens is 1. The van der Waals surface area contributed by atoms with Crippen LogP contribution in [0.3, 0.4) is 0 Å². The van der Waals surface area contributed by atoms with Gasteiger partial charge in [0.05, 0.1) is 0 Å². The van der Waals surface area contributed by atoms with Crippen LogP contribution in [0, 0.1) is 6.92 Å². The van der Waals surface area contributed by atoms with E-state index in [1.165, 1.54) is 10.8 Å². The molecule has 1 aliphatic rings. The van der Waals surface area contributed by atoms with Crippen LogP contribution in [0.5, 0.6) is 0 Å². The van der Waals surface area contributed by atoms with Gasteiger partial charge < -0.3 is 9.88 Å². The third-order valence-electron chi connectivity index (χ3n) is 5.18. The molecule has 2 aromatic rings. The highest BCUT2D eigenvalue weighted by molar-refractivity contribution is 7.97. The van der Waals surface area contributed by atoms with Crippen LogP contribution in [-0.2, 0) is 21.5 Å². The Bertz CT molecular complexity index is 961. The maximum atomic E-state index is 13.5. The van der Waals surface area contributed by atoms with Crippen LogP contribution >= 0.6 is 0 Å². The number of nitrogens with one attached hydrogen (secondary N) is 1.